The van der Waals surface area contributed by atoms with Crippen LogP contribution in [0.1, 0.15) is 20.7 Å². The molecule has 0 amide bonds. The van der Waals surface area contributed by atoms with Crippen LogP contribution < -0.4 is 4.74 Å². The summed E-state index contributed by atoms with van der Waals surface area (Å²) in [4.78, 5) is 32.7. The summed E-state index contributed by atoms with van der Waals surface area (Å²) in [6.45, 7) is 0. The largest absolute Gasteiger partial charge is 0.478 e. The molecule has 22 heavy (non-hydrogen) atoms. The second kappa shape index (κ2) is 6.35. The average Bonchev–Trinajstić information content (AvgIpc) is 2.49. The van der Waals surface area contributed by atoms with Gasteiger partial charge in [-0.05, 0) is 46.3 Å². The first-order valence-corrected chi connectivity index (χ1v) is 6.67. The van der Waals surface area contributed by atoms with Crippen LogP contribution in [0, 0.1) is 10.1 Å². The van der Waals surface area contributed by atoms with E-state index in [1.54, 1.807) is 0 Å². The van der Waals surface area contributed by atoms with Crippen LogP contribution in [0.15, 0.2) is 46.9 Å². The monoisotopic (exact) mass is 365 g/mol. The number of aromatic carboxylic acids is 1. The number of carbonyl (C=O) groups excluding carboxylic acids is 1. The van der Waals surface area contributed by atoms with Crippen molar-refractivity contribution in [3.8, 4) is 5.75 Å². The number of esters is 1. The number of carboxylic acid groups (broad SMARTS) is 1. The number of hydrogen-bond acceptors (Lipinski definition) is 5. The summed E-state index contributed by atoms with van der Waals surface area (Å²) >= 11 is 3.12. The Morgan fingerprint density at radius 3 is 2.18 bits per heavy atom. The van der Waals surface area contributed by atoms with Crippen molar-refractivity contribution in [2.75, 3.05) is 0 Å². The molecule has 1 N–H and O–H groups in total. The van der Waals surface area contributed by atoms with Gasteiger partial charge >= 0.3 is 11.9 Å². The van der Waals surface area contributed by atoms with Crippen molar-refractivity contribution in [1.82, 2.24) is 0 Å². The zero-order chi connectivity index (χ0) is 16.3. The molecule has 112 valence electrons. The average molecular weight is 366 g/mol. The zero-order valence-corrected chi connectivity index (χ0v) is 12.4. The number of carbonyl (C=O) groups is 2. The topological polar surface area (TPSA) is 107 Å². The molecule has 0 fully saturated rings. The lowest BCUT2D eigenvalue weighted by molar-refractivity contribution is -0.384. The second-order valence-electron chi connectivity index (χ2n) is 4.14. The summed E-state index contributed by atoms with van der Waals surface area (Å²) in [6, 6.07) is 8.89. The minimum atomic E-state index is -1.10. The molecule has 8 heteroatoms. The van der Waals surface area contributed by atoms with Gasteiger partial charge < -0.3 is 9.84 Å². The molecular formula is C14H8BrNO6. The predicted molar refractivity (Wildman–Crippen MR) is 79.2 cm³/mol. The van der Waals surface area contributed by atoms with E-state index in [0.717, 1.165) is 0 Å². The molecule has 0 aliphatic heterocycles. The Morgan fingerprint density at radius 1 is 1.09 bits per heavy atom. The SMILES string of the molecule is O=C(O)c1ccc(OC(=O)c2ccc([N+](=O)[O-])cc2)c(Br)c1. The van der Waals surface area contributed by atoms with Gasteiger partial charge in [0.05, 0.1) is 20.5 Å². The van der Waals surface area contributed by atoms with Crippen molar-refractivity contribution < 1.29 is 24.4 Å². The molecule has 0 unspecified atom stereocenters. The van der Waals surface area contributed by atoms with Crippen LogP contribution in [0.4, 0.5) is 5.69 Å². The third-order valence-electron chi connectivity index (χ3n) is 2.70. The number of nitrogens with zero attached hydrogens (tertiary/aromatic N) is 1. The van der Waals surface area contributed by atoms with Gasteiger partial charge in [0.15, 0.2) is 0 Å². The van der Waals surface area contributed by atoms with Gasteiger partial charge in [-0.2, -0.15) is 0 Å². The van der Waals surface area contributed by atoms with Crippen molar-refractivity contribution >= 4 is 33.6 Å². The molecule has 0 bridgehead atoms. The number of nitro groups is 1. The Balaban J connectivity index is 2.18. The number of carboxylic acids is 1. The molecule has 2 rings (SSSR count). The normalized spacial score (nSPS) is 10.0. The maximum absolute atomic E-state index is 11.9. The lowest BCUT2D eigenvalue weighted by atomic mass is 10.2. The van der Waals surface area contributed by atoms with Crippen LogP contribution in [0.5, 0.6) is 5.75 Å². The Kier molecular flexibility index (Phi) is 4.52. The van der Waals surface area contributed by atoms with E-state index >= 15 is 0 Å². The molecule has 0 aromatic heterocycles. The quantitative estimate of drug-likeness (QED) is 0.385. The first kappa shape index (κ1) is 15.6. The third kappa shape index (κ3) is 3.47. The highest BCUT2D eigenvalue weighted by molar-refractivity contribution is 9.10. The Labute approximate surface area is 132 Å². The van der Waals surface area contributed by atoms with Gasteiger partial charge in [-0.15, -0.1) is 0 Å². The second-order valence-corrected chi connectivity index (χ2v) is 5.00. The smallest absolute Gasteiger partial charge is 0.343 e. The summed E-state index contributed by atoms with van der Waals surface area (Å²) in [7, 11) is 0. The van der Waals surface area contributed by atoms with E-state index in [9.17, 15) is 19.7 Å². The van der Waals surface area contributed by atoms with Gasteiger partial charge in [0, 0.05) is 12.1 Å². The third-order valence-corrected chi connectivity index (χ3v) is 3.32. The van der Waals surface area contributed by atoms with E-state index in [2.05, 4.69) is 15.9 Å². The summed E-state index contributed by atoms with van der Waals surface area (Å²) in [5, 5.41) is 19.4. The highest BCUT2D eigenvalue weighted by Crippen LogP contribution is 2.27. The lowest BCUT2D eigenvalue weighted by Gasteiger charge is -2.07. The number of nitro benzene ring substituents is 1. The van der Waals surface area contributed by atoms with E-state index in [1.165, 1.54) is 42.5 Å². The molecule has 0 atom stereocenters. The van der Waals surface area contributed by atoms with E-state index in [0.29, 0.717) is 4.47 Å². The van der Waals surface area contributed by atoms with Crippen LogP contribution in [-0.2, 0) is 0 Å². The fourth-order valence-electron chi connectivity index (χ4n) is 1.59. The number of rotatable bonds is 4. The van der Waals surface area contributed by atoms with Crippen LogP contribution in [-0.4, -0.2) is 22.0 Å². The highest BCUT2D eigenvalue weighted by Gasteiger charge is 2.14. The summed E-state index contributed by atoms with van der Waals surface area (Å²) in [5.41, 5.74) is 0.0466. The Hall–Kier alpha value is -2.74. The molecule has 7 nitrogen and oxygen atoms in total. The fraction of sp³-hybridized carbons (Fsp3) is 0. The van der Waals surface area contributed by atoms with Gasteiger partial charge in [0.2, 0.25) is 0 Å². The van der Waals surface area contributed by atoms with E-state index < -0.39 is 16.9 Å². The fourth-order valence-corrected chi connectivity index (χ4v) is 2.05. The van der Waals surface area contributed by atoms with Crippen molar-refractivity contribution in [2.45, 2.75) is 0 Å². The Morgan fingerprint density at radius 2 is 1.68 bits per heavy atom. The van der Waals surface area contributed by atoms with Gasteiger partial charge in [0.25, 0.3) is 5.69 Å². The number of hydrogen-bond donors (Lipinski definition) is 1. The minimum Gasteiger partial charge on any atom is -0.478 e. The maximum atomic E-state index is 11.9. The first-order chi connectivity index (χ1) is 10.4. The van der Waals surface area contributed by atoms with Crippen LogP contribution in [0.3, 0.4) is 0 Å². The summed E-state index contributed by atoms with van der Waals surface area (Å²) in [5.74, 6) is -1.67. The molecule has 0 saturated heterocycles. The molecule has 0 spiro atoms. The van der Waals surface area contributed by atoms with Gasteiger partial charge in [0.1, 0.15) is 5.75 Å². The molecule has 0 saturated carbocycles. The van der Waals surface area contributed by atoms with Crippen molar-refractivity contribution in [1.29, 1.82) is 0 Å². The zero-order valence-electron chi connectivity index (χ0n) is 10.9. The number of non-ortho nitro benzene ring substituents is 1. The minimum absolute atomic E-state index is 0.0435. The van der Waals surface area contributed by atoms with E-state index in [4.69, 9.17) is 9.84 Å². The summed E-state index contributed by atoms with van der Waals surface area (Å²) < 4.78 is 5.43. The van der Waals surface area contributed by atoms with Gasteiger partial charge in [-0.25, -0.2) is 9.59 Å². The molecule has 0 radical (unpaired) electrons. The van der Waals surface area contributed by atoms with E-state index in [-0.39, 0.29) is 22.6 Å². The number of benzene rings is 2. The maximum Gasteiger partial charge on any atom is 0.343 e. The molecular weight excluding hydrogens is 358 g/mol. The van der Waals surface area contributed by atoms with Crippen molar-refractivity contribution in [2.24, 2.45) is 0 Å². The highest BCUT2D eigenvalue weighted by atomic mass is 79.9. The first-order valence-electron chi connectivity index (χ1n) is 5.88. The molecule has 0 heterocycles. The van der Waals surface area contributed by atoms with E-state index in [1.807, 2.05) is 0 Å². The number of ether oxygens (including phenoxy) is 1. The molecule has 2 aromatic rings. The van der Waals surface area contributed by atoms with Gasteiger partial charge in [-0.1, -0.05) is 0 Å². The molecule has 0 aliphatic rings. The van der Waals surface area contributed by atoms with Crippen LogP contribution >= 0.6 is 15.9 Å². The van der Waals surface area contributed by atoms with Crippen LogP contribution in [0.2, 0.25) is 0 Å². The van der Waals surface area contributed by atoms with Crippen molar-refractivity contribution in [3.63, 3.8) is 0 Å². The van der Waals surface area contributed by atoms with Gasteiger partial charge in [-0.3, -0.25) is 10.1 Å². The Bertz CT molecular complexity index is 756. The standard InChI is InChI=1S/C14H8BrNO6/c15-11-7-9(13(17)18)3-6-12(11)22-14(19)8-1-4-10(5-2-8)16(20)21/h1-7H,(H,17,18). The summed E-state index contributed by atoms with van der Waals surface area (Å²) in [6.07, 6.45) is 0. The van der Waals surface area contributed by atoms with Crippen LogP contribution in [0.25, 0.3) is 0 Å². The van der Waals surface area contributed by atoms with Crippen molar-refractivity contribution in [3.05, 3.63) is 68.2 Å². The molecule has 0 aliphatic carbocycles. The molecule has 2 aromatic carbocycles. The predicted octanol–water partition coefficient (Wildman–Crippen LogP) is 3.27. The number of halogens is 1. The lowest BCUT2D eigenvalue weighted by Crippen LogP contribution is -2.09.